The van der Waals surface area contributed by atoms with Crippen molar-refractivity contribution in [1.82, 2.24) is 9.97 Å². The van der Waals surface area contributed by atoms with Gasteiger partial charge in [0.25, 0.3) is 0 Å². The Morgan fingerprint density at radius 3 is 2.90 bits per heavy atom. The van der Waals surface area contributed by atoms with Crippen molar-refractivity contribution in [3.8, 4) is 0 Å². The minimum Gasteiger partial charge on any atom is -0.356 e. The van der Waals surface area contributed by atoms with Gasteiger partial charge in [-0.05, 0) is 51.4 Å². The molecule has 2 atom stereocenters. The van der Waals surface area contributed by atoms with E-state index in [1.807, 2.05) is 0 Å². The fourth-order valence-corrected chi connectivity index (χ4v) is 3.58. The smallest absolute Gasteiger partial charge is 0.135 e. The zero-order valence-corrected chi connectivity index (χ0v) is 12.5. The number of fused-ring (bicyclic) bond motifs is 1. The van der Waals surface area contributed by atoms with E-state index in [-0.39, 0.29) is 6.04 Å². The van der Waals surface area contributed by atoms with E-state index in [4.69, 9.17) is 5.73 Å². The van der Waals surface area contributed by atoms with E-state index < -0.39 is 0 Å². The lowest BCUT2D eigenvalue weighted by Crippen LogP contribution is -2.43. The van der Waals surface area contributed by atoms with E-state index in [0.29, 0.717) is 5.92 Å². The lowest BCUT2D eigenvalue weighted by molar-refractivity contribution is 0.362. The van der Waals surface area contributed by atoms with Crippen molar-refractivity contribution in [2.45, 2.75) is 57.9 Å². The van der Waals surface area contributed by atoms with Crippen molar-refractivity contribution in [1.29, 1.82) is 0 Å². The van der Waals surface area contributed by atoms with Crippen molar-refractivity contribution in [2.75, 3.05) is 18.0 Å². The van der Waals surface area contributed by atoms with Crippen molar-refractivity contribution >= 4 is 5.82 Å². The first kappa shape index (κ1) is 13.8. The Morgan fingerprint density at radius 2 is 2.05 bits per heavy atom. The number of piperidine rings is 1. The quantitative estimate of drug-likeness (QED) is 0.841. The molecule has 1 aromatic heterocycles. The third-order valence-electron chi connectivity index (χ3n) is 4.85. The van der Waals surface area contributed by atoms with Gasteiger partial charge >= 0.3 is 0 Å². The van der Waals surface area contributed by atoms with Crippen LogP contribution in [-0.2, 0) is 12.8 Å². The molecule has 2 N–H and O–H groups in total. The number of nitrogens with two attached hydrogens (primary N) is 1. The second kappa shape index (κ2) is 6.08. The highest BCUT2D eigenvalue weighted by molar-refractivity contribution is 5.49. The summed E-state index contributed by atoms with van der Waals surface area (Å²) in [5, 5.41) is 0. The Balaban J connectivity index is 1.86. The maximum absolute atomic E-state index is 6.11. The molecule has 1 aliphatic heterocycles. The molecule has 0 bridgehead atoms. The van der Waals surface area contributed by atoms with Gasteiger partial charge in [-0.25, -0.2) is 9.97 Å². The van der Waals surface area contributed by atoms with Gasteiger partial charge in [-0.2, -0.15) is 0 Å². The molecule has 1 aromatic rings. The topological polar surface area (TPSA) is 55.0 Å². The fourth-order valence-electron chi connectivity index (χ4n) is 3.58. The molecule has 0 aromatic carbocycles. The predicted octanol–water partition coefficient (Wildman–Crippen LogP) is 2.31. The maximum atomic E-state index is 6.11. The van der Waals surface area contributed by atoms with Crippen molar-refractivity contribution in [3.63, 3.8) is 0 Å². The Bertz CT molecular complexity index is 458. The number of aromatic nitrogens is 2. The fraction of sp³-hybridized carbons (Fsp3) is 0.750. The molecule has 4 heteroatoms. The van der Waals surface area contributed by atoms with Crippen LogP contribution in [-0.4, -0.2) is 29.1 Å². The summed E-state index contributed by atoms with van der Waals surface area (Å²) in [6.07, 6.45) is 10.4. The molecule has 2 unspecified atom stereocenters. The molecule has 110 valence electrons. The molecule has 0 amide bonds. The van der Waals surface area contributed by atoms with E-state index in [1.54, 1.807) is 6.33 Å². The van der Waals surface area contributed by atoms with Gasteiger partial charge in [-0.1, -0.05) is 6.42 Å². The maximum Gasteiger partial charge on any atom is 0.135 e. The zero-order valence-electron chi connectivity index (χ0n) is 12.5. The lowest BCUT2D eigenvalue weighted by atomic mass is 9.92. The van der Waals surface area contributed by atoms with Crippen molar-refractivity contribution < 1.29 is 0 Å². The van der Waals surface area contributed by atoms with Crippen LogP contribution in [0.15, 0.2) is 6.33 Å². The highest BCUT2D eigenvalue weighted by atomic mass is 15.2. The minimum absolute atomic E-state index is 0.276. The summed E-state index contributed by atoms with van der Waals surface area (Å²) in [5.74, 6) is 1.79. The summed E-state index contributed by atoms with van der Waals surface area (Å²) < 4.78 is 0. The first-order valence-corrected chi connectivity index (χ1v) is 8.09. The van der Waals surface area contributed by atoms with Crippen LogP contribution in [0.5, 0.6) is 0 Å². The second-order valence-corrected chi connectivity index (χ2v) is 6.39. The molecule has 1 saturated heterocycles. The van der Waals surface area contributed by atoms with Gasteiger partial charge in [0.05, 0.1) is 0 Å². The normalized spacial score (nSPS) is 24.9. The number of hydrogen-bond acceptors (Lipinski definition) is 4. The average Bonchev–Trinajstić information content (AvgIpc) is 2.72. The molecule has 0 spiro atoms. The van der Waals surface area contributed by atoms with E-state index in [2.05, 4.69) is 21.8 Å². The largest absolute Gasteiger partial charge is 0.356 e. The molecule has 4 nitrogen and oxygen atoms in total. The molecular formula is C16H26N4. The molecule has 1 aliphatic carbocycles. The van der Waals surface area contributed by atoms with Crippen LogP contribution < -0.4 is 10.6 Å². The average molecular weight is 274 g/mol. The van der Waals surface area contributed by atoms with Crippen molar-refractivity contribution in [3.05, 3.63) is 17.6 Å². The molecule has 1 fully saturated rings. The SMILES string of the molecule is CC(N)C1CCCN(c2ncnc3c2CCCCC3)C1. The molecular weight excluding hydrogens is 248 g/mol. The Kier molecular flexibility index (Phi) is 4.20. The third kappa shape index (κ3) is 2.80. The lowest BCUT2D eigenvalue weighted by Gasteiger charge is -2.36. The zero-order chi connectivity index (χ0) is 13.9. The van der Waals surface area contributed by atoms with Gasteiger partial charge in [0.15, 0.2) is 0 Å². The monoisotopic (exact) mass is 274 g/mol. The summed E-state index contributed by atoms with van der Waals surface area (Å²) in [6, 6.07) is 0.276. The number of nitrogens with zero attached hydrogens (tertiary/aromatic N) is 3. The summed E-state index contributed by atoms with van der Waals surface area (Å²) in [5.41, 5.74) is 8.81. The highest BCUT2D eigenvalue weighted by Gasteiger charge is 2.26. The van der Waals surface area contributed by atoms with Crippen LogP contribution in [0, 0.1) is 5.92 Å². The number of hydrogen-bond donors (Lipinski definition) is 1. The highest BCUT2D eigenvalue weighted by Crippen LogP contribution is 2.30. The van der Waals surface area contributed by atoms with Crippen LogP contribution in [0.3, 0.4) is 0 Å². The van der Waals surface area contributed by atoms with Gasteiger partial charge in [0, 0.05) is 30.4 Å². The summed E-state index contributed by atoms with van der Waals surface area (Å²) in [7, 11) is 0. The Hall–Kier alpha value is -1.16. The molecule has 0 saturated carbocycles. The second-order valence-electron chi connectivity index (χ2n) is 6.39. The van der Waals surface area contributed by atoms with Gasteiger partial charge in [0.2, 0.25) is 0 Å². The predicted molar refractivity (Wildman–Crippen MR) is 81.9 cm³/mol. The standard InChI is InChI=1S/C16H26N4/c1-12(17)13-6-5-9-20(10-13)16-14-7-3-2-4-8-15(14)18-11-19-16/h11-13H,2-10,17H2,1H3. The van der Waals surface area contributed by atoms with E-state index in [0.717, 1.165) is 25.9 Å². The first-order valence-electron chi connectivity index (χ1n) is 8.09. The minimum atomic E-state index is 0.276. The van der Waals surface area contributed by atoms with Gasteiger partial charge in [-0.15, -0.1) is 0 Å². The third-order valence-corrected chi connectivity index (χ3v) is 4.85. The van der Waals surface area contributed by atoms with Crippen LogP contribution >= 0.6 is 0 Å². The molecule has 0 radical (unpaired) electrons. The van der Waals surface area contributed by atoms with Crippen LogP contribution in [0.4, 0.5) is 5.82 Å². The van der Waals surface area contributed by atoms with Crippen LogP contribution in [0.1, 0.15) is 50.3 Å². The van der Waals surface area contributed by atoms with Gasteiger partial charge in [0.1, 0.15) is 12.1 Å². The summed E-state index contributed by atoms with van der Waals surface area (Å²) in [4.78, 5) is 11.6. The molecule has 20 heavy (non-hydrogen) atoms. The van der Waals surface area contributed by atoms with Gasteiger partial charge < -0.3 is 10.6 Å². The van der Waals surface area contributed by atoms with Crippen molar-refractivity contribution in [2.24, 2.45) is 11.7 Å². The van der Waals surface area contributed by atoms with Crippen LogP contribution in [0.25, 0.3) is 0 Å². The number of aryl methyl sites for hydroxylation is 1. The van der Waals surface area contributed by atoms with Crippen LogP contribution in [0.2, 0.25) is 0 Å². The Labute approximate surface area is 121 Å². The van der Waals surface area contributed by atoms with E-state index in [1.165, 1.54) is 49.2 Å². The van der Waals surface area contributed by atoms with E-state index >= 15 is 0 Å². The summed E-state index contributed by atoms with van der Waals surface area (Å²) >= 11 is 0. The first-order chi connectivity index (χ1) is 9.75. The Morgan fingerprint density at radius 1 is 1.20 bits per heavy atom. The number of rotatable bonds is 2. The van der Waals surface area contributed by atoms with E-state index in [9.17, 15) is 0 Å². The summed E-state index contributed by atoms with van der Waals surface area (Å²) in [6.45, 7) is 4.31. The molecule has 3 rings (SSSR count). The molecule has 2 aliphatic rings. The number of anilines is 1. The molecule has 2 heterocycles. The van der Waals surface area contributed by atoms with Gasteiger partial charge in [-0.3, -0.25) is 0 Å².